The molecule has 8 heteroatoms. The van der Waals surface area contributed by atoms with E-state index in [4.69, 9.17) is 4.52 Å². The van der Waals surface area contributed by atoms with Crippen molar-refractivity contribution >= 4 is 11.6 Å². The van der Waals surface area contributed by atoms with E-state index in [1.54, 1.807) is 0 Å². The number of nitrogens with zero attached hydrogens (tertiary/aromatic N) is 6. The molecule has 0 aromatic carbocycles. The summed E-state index contributed by atoms with van der Waals surface area (Å²) < 4.78 is 7.21. The molecule has 4 rings (SSSR count). The van der Waals surface area contributed by atoms with Gasteiger partial charge in [-0.2, -0.15) is 4.98 Å². The summed E-state index contributed by atoms with van der Waals surface area (Å²) in [7, 11) is 0. The van der Waals surface area contributed by atoms with E-state index < -0.39 is 0 Å². The highest BCUT2D eigenvalue weighted by Crippen LogP contribution is 2.23. The van der Waals surface area contributed by atoms with Gasteiger partial charge >= 0.3 is 0 Å². The number of hydrogen-bond acceptors (Lipinski definition) is 6. The van der Waals surface area contributed by atoms with Gasteiger partial charge in [0.25, 0.3) is 5.89 Å². The average Bonchev–Trinajstić information content (AvgIpc) is 3.30. The Balaban J connectivity index is 1.61. The molecule has 3 aromatic rings. The molecule has 1 amide bonds. The Hall–Kier alpha value is -2.77. The zero-order valence-electron chi connectivity index (χ0n) is 14.9. The summed E-state index contributed by atoms with van der Waals surface area (Å²) in [6, 6.07) is 3.76. The molecular formula is C18H22N6O2. The van der Waals surface area contributed by atoms with E-state index in [-0.39, 0.29) is 12.3 Å². The van der Waals surface area contributed by atoms with Crippen LogP contribution in [0.25, 0.3) is 17.1 Å². The molecule has 0 bridgehead atoms. The standard InChI is InChI=1S/C18H22N6O2/c1-2-7-14-19-18(26-22-14)13-8-6-11-24-15(20-21-17(13)24)12-16(25)23-9-4-3-5-10-23/h6,8,11H,2-5,7,9-10,12H2,1H3. The molecule has 26 heavy (non-hydrogen) atoms. The third kappa shape index (κ3) is 3.18. The number of aromatic nitrogens is 5. The normalized spacial score (nSPS) is 14.9. The number of carbonyl (C=O) groups is 1. The van der Waals surface area contributed by atoms with Gasteiger partial charge in [-0.3, -0.25) is 9.20 Å². The predicted molar refractivity (Wildman–Crippen MR) is 94.4 cm³/mol. The van der Waals surface area contributed by atoms with Crippen LogP contribution in [-0.4, -0.2) is 48.6 Å². The summed E-state index contributed by atoms with van der Waals surface area (Å²) in [4.78, 5) is 18.9. The Bertz CT molecular complexity index is 909. The molecular weight excluding hydrogens is 332 g/mol. The monoisotopic (exact) mass is 354 g/mol. The minimum atomic E-state index is 0.104. The average molecular weight is 354 g/mol. The van der Waals surface area contributed by atoms with Gasteiger partial charge in [-0.1, -0.05) is 12.1 Å². The number of hydrogen-bond donors (Lipinski definition) is 0. The molecule has 1 fully saturated rings. The number of likely N-dealkylation sites (tertiary alicyclic amines) is 1. The first-order valence-electron chi connectivity index (χ1n) is 9.19. The fourth-order valence-corrected chi connectivity index (χ4v) is 3.33. The SMILES string of the molecule is CCCc1noc(-c2cccn3c(CC(=O)N4CCCCC4)nnc23)n1. The summed E-state index contributed by atoms with van der Waals surface area (Å²) in [5.74, 6) is 1.85. The van der Waals surface area contributed by atoms with E-state index >= 15 is 0 Å². The molecule has 0 spiro atoms. The van der Waals surface area contributed by atoms with Crippen LogP contribution in [0.2, 0.25) is 0 Å². The fraction of sp³-hybridized carbons (Fsp3) is 0.500. The Kier molecular flexibility index (Phi) is 4.64. The highest BCUT2D eigenvalue weighted by atomic mass is 16.5. The number of aryl methyl sites for hydroxylation is 1. The molecule has 4 heterocycles. The first-order chi connectivity index (χ1) is 12.8. The summed E-state index contributed by atoms with van der Waals surface area (Å²) in [6.07, 6.45) is 7.19. The predicted octanol–water partition coefficient (Wildman–Crippen LogP) is 2.29. The smallest absolute Gasteiger partial charge is 0.261 e. The van der Waals surface area contributed by atoms with Crippen LogP contribution in [0.4, 0.5) is 0 Å². The van der Waals surface area contributed by atoms with E-state index in [1.807, 2.05) is 27.6 Å². The van der Waals surface area contributed by atoms with Crippen molar-refractivity contribution in [2.24, 2.45) is 0 Å². The van der Waals surface area contributed by atoms with Gasteiger partial charge in [0, 0.05) is 25.7 Å². The van der Waals surface area contributed by atoms with Crippen LogP contribution < -0.4 is 0 Å². The Morgan fingerprint density at radius 3 is 2.88 bits per heavy atom. The van der Waals surface area contributed by atoms with Crippen molar-refractivity contribution in [3.05, 3.63) is 30.0 Å². The minimum absolute atomic E-state index is 0.104. The first kappa shape index (κ1) is 16.7. The van der Waals surface area contributed by atoms with Gasteiger partial charge in [-0.05, 0) is 37.8 Å². The minimum Gasteiger partial charge on any atom is -0.342 e. The van der Waals surface area contributed by atoms with E-state index in [1.165, 1.54) is 6.42 Å². The number of pyridine rings is 1. The lowest BCUT2D eigenvalue weighted by molar-refractivity contribution is -0.131. The maximum Gasteiger partial charge on any atom is 0.261 e. The molecule has 0 saturated carbocycles. The van der Waals surface area contributed by atoms with Gasteiger partial charge in [0.15, 0.2) is 11.5 Å². The van der Waals surface area contributed by atoms with Gasteiger partial charge < -0.3 is 9.42 Å². The van der Waals surface area contributed by atoms with Crippen molar-refractivity contribution in [2.45, 2.75) is 45.4 Å². The highest BCUT2D eigenvalue weighted by Gasteiger charge is 2.21. The van der Waals surface area contributed by atoms with Crippen LogP contribution in [0.1, 0.15) is 44.3 Å². The maximum atomic E-state index is 12.5. The number of carbonyl (C=O) groups excluding carboxylic acids is 1. The van der Waals surface area contributed by atoms with Crippen LogP contribution in [0.5, 0.6) is 0 Å². The van der Waals surface area contributed by atoms with Crippen molar-refractivity contribution < 1.29 is 9.32 Å². The summed E-state index contributed by atoms with van der Waals surface area (Å²) >= 11 is 0. The van der Waals surface area contributed by atoms with Crippen molar-refractivity contribution in [2.75, 3.05) is 13.1 Å². The Morgan fingerprint density at radius 1 is 1.23 bits per heavy atom. The maximum absolute atomic E-state index is 12.5. The zero-order valence-corrected chi connectivity index (χ0v) is 14.9. The molecule has 1 aliphatic rings. The quantitative estimate of drug-likeness (QED) is 0.698. The van der Waals surface area contributed by atoms with Crippen molar-refractivity contribution in [1.82, 2.24) is 29.6 Å². The molecule has 0 unspecified atom stereocenters. The fourth-order valence-electron chi connectivity index (χ4n) is 3.33. The van der Waals surface area contributed by atoms with E-state index in [2.05, 4.69) is 27.3 Å². The second-order valence-corrected chi connectivity index (χ2v) is 6.62. The molecule has 1 aliphatic heterocycles. The van der Waals surface area contributed by atoms with Gasteiger partial charge in [0.1, 0.15) is 5.82 Å². The van der Waals surface area contributed by atoms with Gasteiger partial charge in [-0.15, -0.1) is 10.2 Å². The van der Waals surface area contributed by atoms with E-state index in [0.717, 1.165) is 44.3 Å². The van der Waals surface area contributed by atoms with Crippen molar-refractivity contribution in [1.29, 1.82) is 0 Å². The van der Waals surface area contributed by atoms with Crippen molar-refractivity contribution in [3.63, 3.8) is 0 Å². The Labute approximate surface area is 151 Å². The molecule has 0 aliphatic carbocycles. The number of fused-ring (bicyclic) bond motifs is 1. The van der Waals surface area contributed by atoms with Crippen LogP contribution in [0.15, 0.2) is 22.9 Å². The van der Waals surface area contributed by atoms with Crippen LogP contribution in [-0.2, 0) is 17.6 Å². The second-order valence-electron chi connectivity index (χ2n) is 6.62. The third-order valence-corrected chi connectivity index (χ3v) is 4.70. The number of piperidine rings is 1. The summed E-state index contributed by atoms with van der Waals surface area (Å²) in [5, 5.41) is 12.5. The van der Waals surface area contributed by atoms with E-state index in [9.17, 15) is 4.79 Å². The molecule has 136 valence electrons. The molecule has 0 radical (unpaired) electrons. The third-order valence-electron chi connectivity index (χ3n) is 4.70. The first-order valence-corrected chi connectivity index (χ1v) is 9.19. The van der Waals surface area contributed by atoms with Crippen LogP contribution >= 0.6 is 0 Å². The largest absolute Gasteiger partial charge is 0.342 e. The molecule has 3 aromatic heterocycles. The lowest BCUT2D eigenvalue weighted by Gasteiger charge is -2.26. The van der Waals surface area contributed by atoms with E-state index in [0.29, 0.717) is 23.2 Å². The molecule has 0 N–H and O–H groups in total. The lowest BCUT2D eigenvalue weighted by Crippen LogP contribution is -2.36. The molecule has 0 atom stereocenters. The molecule has 8 nitrogen and oxygen atoms in total. The van der Waals surface area contributed by atoms with Crippen LogP contribution in [0.3, 0.4) is 0 Å². The van der Waals surface area contributed by atoms with Crippen molar-refractivity contribution in [3.8, 4) is 11.5 Å². The summed E-state index contributed by atoms with van der Waals surface area (Å²) in [6.45, 7) is 3.74. The second kappa shape index (κ2) is 7.23. The van der Waals surface area contributed by atoms with Gasteiger partial charge in [0.05, 0.1) is 12.0 Å². The Morgan fingerprint density at radius 2 is 2.08 bits per heavy atom. The topological polar surface area (TPSA) is 89.4 Å². The van der Waals surface area contributed by atoms with Gasteiger partial charge in [0.2, 0.25) is 5.91 Å². The lowest BCUT2D eigenvalue weighted by atomic mass is 10.1. The van der Waals surface area contributed by atoms with Crippen LogP contribution in [0, 0.1) is 0 Å². The highest BCUT2D eigenvalue weighted by molar-refractivity contribution is 5.79. The number of amides is 1. The molecule has 1 saturated heterocycles. The number of rotatable bonds is 5. The zero-order chi connectivity index (χ0) is 17.9. The van der Waals surface area contributed by atoms with Gasteiger partial charge in [-0.25, -0.2) is 0 Å². The summed E-state index contributed by atoms with van der Waals surface area (Å²) in [5.41, 5.74) is 1.35.